The molecule has 0 aliphatic carbocycles. The monoisotopic (exact) mass is 412 g/mol. The molecule has 3 heterocycles. The predicted molar refractivity (Wildman–Crippen MR) is 117 cm³/mol. The van der Waals surface area contributed by atoms with Crippen molar-refractivity contribution in [3.05, 3.63) is 102 Å². The molecule has 6 heteroatoms. The second-order valence-electron chi connectivity index (χ2n) is 7.26. The molecule has 0 saturated heterocycles. The predicted octanol–water partition coefficient (Wildman–Crippen LogP) is 4.88. The molecule has 31 heavy (non-hydrogen) atoms. The maximum absolute atomic E-state index is 10.4. The van der Waals surface area contributed by atoms with Crippen molar-refractivity contribution in [3.8, 4) is 5.75 Å². The summed E-state index contributed by atoms with van der Waals surface area (Å²) in [6, 6.07) is 21.3. The number of hydrogen-bond acceptors (Lipinski definition) is 6. The van der Waals surface area contributed by atoms with Gasteiger partial charge in [-0.05, 0) is 42.8 Å². The van der Waals surface area contributed by atoms with Crippen molar-refractivity contribution < 1.29 is 19.1 Å². The normalized spacial score (nSPS) is 15.9. The summed E-state index contributed by atoms with van der Waals surface area (Å²) in [5.41, 5.74) is 4.71. The van der Waals surface area contributed by atoms with Crippen LogP contribution in [0.3, 0.4) is 0 Å². The van der Waals surface area contributed by atoms with Crippen molar-refractivity contribution in [3.63, 3.8) is 0 Å². The van der Waals surface area contributed by atoms with Crippen LogP contribution in [0.1, 0.15) is 22.7 Å². The van der Waals surface area contributed by atoms with Gasteiger partial charge in [-0.3, -0.25) is 0 Å². The zero-order valence-electron chi connectivity index (χ0n) is 16.9. The van der Waals surface area contributed by atoms with Crippen LogP contribution in [0.5, 0.6) is 5.75 Å². The molecule has 0 fully saturated rings. The van der Waals surface area contributed by atoms with Gasteiger partial charge in [-0.2, -0.15) is 0 Å². The molecule has 1 aliphatic heterocycles. The molecule has 0 saturated carbocycles. The Kier molecular flexibility index (Phi) is 4.98. The van der Waals surface area contributed by atoms with Crippen molar-refractivity contribution in [1.29, 1.82) is 0 Å². The van der Waals surface area contributed by atoms with Gasteiger partial charge in [0, 0.05) is 22.6 Å². The van der Waals surface area contributed by atoms with E-state index in [4.69, 9.17) is 14.0 Å². The SMILES string of the molecule is Cc1cc(C2=C(c3ccc(OCc4ccc5ccccc5n4)cc3)C(O)OC=C2)on1. The van der Waals surface area contributed by atoms with E-state index >= 15 is 0 Å². The van der Waals surface area contributed by atoms with Crippen LogP contribution in [0.15, 0.2) is 83.6 Å². The summed E-state index contributed by atoms with van der Waals surface area (Å²) >= 11 is 0. The molecular weight excluding hydrogens is 392 g/mol. The highest BCUT2D eigenvalue weighted by molar-refractivity contribution is 5.96. The number of benzene rings is 2. The standard InChI is InChI=1S/C25H20N2O4/c1-16-14-23(31-27-16)21-12-13-29-25(28)24(21)18-7-10-20(11-8-18)30-15-19-9-6-17-4-2-3-5-22(17)26-19/h2-14,25,28H,15H2,1H3. The van der Waals surface area contributed by atoms with Crippen molar-refractivity contribution in [2.24, 2.45) is 0 Å². The maximum Gasteiger partial charge on any atom is 0.224 e. The summed E-state index contributed by atoms with van der Waals surface area (Å²) in [5.74, 6) is 1.28. The van der Waals surface area contributed by atoms with Crippen LogP contribution in [-0.4, -0.2) is 21.5 Å². The number of aryl methyl sites for hydroxylation is 1. The minimum Gasteiger partial charge on any atom is -0.487 e. The van der Waals surface area contributed by atoms with Crippen molar-refractivity contribution in [2.45, 2.75) is 19.8 Å². The van der Waals surface area contributed by atoms with Crippen LogP contribution in [0, 0.1) is 6.92 Å². The Bertz CT molecular complexity index is 1290. The van der Waals surface area contributed by atoms with E-state index in [1.54, 1.807) is 6.08 Å². The number of hydrogen-bond donors (Lipinski definition) is 1. The van der Waals surface area contributed by atoms with Gasteiger partial charge < -0.3 is 19.1 Å². The molecule has 4 aromatic rings. The number of aromatic nitrogens is 2. The fraction of sp³-hybridized carbons (Fsp3) is 0.120. The number of ether oxygens (including phenoxy) is 2. The molecule has 2 aromatic carbocycles. The van der Waals surface area contributed by atoms with Crippen LogP contribution in [-0.2, 0) is 11.3 Å². The van der Waals surface area contributed by atoms with E-state index in [0.717, 1.165) is 33.4 Å². The molecule has 1 atom stereocenters. The smallest absolute Gasteiger partial charge is 0.224 e. The lowest BCUT2D eigenvalue weighted by Crippen LogP contribution is -2.15. The number of aliphatic hydroxyl groups excluding tert-OH is 1. The first-order valence-electron chi connectivity index (χ1n) is 9.93. The van der Waals surface area contributed by atoms with E-state index in [2.05, 4.69) is 10.1 Å². The zero-order valence-corrected chi connectivity index (χ0v) is 16.9. The Morgan fingerprint density at radius 1 is 1.03 bits per heavy atom. The molecule has 0 spiro atoms. The summed E-state index contributed by atoms with van der Waals surface area (Å²) in [6.07, 6.45) is 2.12. The van der Waals surface area contributed by atoms with Gasteiger partial charge in [-0.1, -0.05) is 41.6 Å². The molecule has 0 bridgehead atoms. The lowest BCUT2D eigenvalue weighted by Gasteiger charge is -2.21. The van der Waals surface area contributed by atoms with Crippen LogP contribution in [0.2, 0.25) is 0 Å². The highest BCUT2D eigenvalue weighted by Crippen LogP contribution is 2.34. The molecule has 2 aromatic heterocycles. The Morgan fingerprint density at radius 3 is 2.68 bits per heavy atom. The van der Waals surface area contributed by atoms with Gasteiger partial charge in [-0.25, -0.2) is 4.98 Å². The minimum atomic E-state index is -1.10. The molecule has 0 amide bonds. The van der Waals surface area contributed by atoms with Gasteiger partial charge in [0.1, 0.15) is 12.4 Å². The summed E-state index contributed by atoms with van der Waals surface area (Å²) in [7, 11) is 0. The van der Waals surface area contributed by atoms with Crippen LogP contribution in [0.25, 0.3) is 22.0 Å². The van der Waals surface area contributed by atoms with E-state index < -0.39 is 6.29 Å². The number of aliphatic hydroxyl groups is 1. The summed E-state index contributed by atoms with van der Waals surface area (Å²) in [4.78, 5) is 4.63. The van der Waals surface area contributed by atoms with Crippen LogP contribution >= 0.6 is 0 Å². The first-order valence-corrected chi connectivity index (χ1v) is 9.93. The third-order valence-electron chi connectivity index (χ3n) is 5.08. The number of pyridine rings is 1. The van der Waals surface area contributed by atoms with Gasteiger partial charge >= 0.3 is 0 Å². The molecule has 5 rings (SSSR count). The average molecular weight is 412 g/mol. The lowest BCUT2D eigenvalue weighted by atomic mass is 9.96. The van der Waals surface area contributed by atoms with Crippen LogP contribution < -0.4 is 4.74 Å². The fourth-order valence-corrected chi connectivity index (χ4v) is 3.55. The topological polar surface area (TPSA) is 77.6 Å². The largest absolute Gasteiger partial charge is 0.487 e. The van der Waals surface area contributed by atoms with E-state index in [0.29, 0.717) is 23.7 Å². The Balaban J connectivity index is 1.37. The van der Waals surface area contributed by atoms with E-state index in [-0.39, 0.29) is 0 Å². The second kappa shape index (κ2) is 8.08. The van der Waals surface area contributed by atoms with Gasteiger partial charge in [-0.15, -0.1) is 0 Å². The fourth-order valence-electron chi connectivity index (χ4n) is 3.55. The highest BCUT2D eigenvalue weighted by atomic mass is 16.6. The number of nitrogens with zero attached hydrogens (tertiary/aromatic N) is 2. The molecule has 6 nitrogen and oxygen atoms in total. The molecule has 1 N–H and O–H groups in total. The summed E-state index contributed by atoms with van der Waals surface area (Å²) in [5, 5.41) is 15.5. The number of para-hydroxylation sites is 1. The molecule has 1 unspecified atom stereocenters. The van der Waals surface area contributed by atoms with E-state index in [1.807, 2.05) is 73.7 Å². The molecule has 154 valence electrons. The van der Waals surface area contributed by atoms with Gasteiger partial charge in [0.15, 0.2) is 5.76 Å². The first-order chi connectivity index (χ1) is 15.2. The zero-order chi connectivity index (χ0) is 21.2. The third-order valence-corrected chi connectivity index (χ3v) is 5.08. The van der Waals surface area contributed by atoms with Crippen LogP contribution in [0.4, 0.5) is 0 Å². The Labute approximate surface area is 179 Å². The van der Waals surface area contributed by atoms with Gasteiger partial charge in [0.2, 0.25) is 6.29 Å². The van der Waals surface area contributed by atoms with Gasteiger partial charge in [0.05, 0.1) is 23.2 Å². The highest BCUT2D eigenvalue weighted by Gasteiger charge is 2.24. The van der Waals surface area contributed by atoms with Gasteiger partial charge in [0.25, 0.3) is 0 Å². The lowest BCUT2D eigenvalue weighted by molar-refractivity contribution is -0.00395. The Morgan fingerprint density at radius 2 is 1.87 bits per heavy atom. The van der Waals surface area contributed by atoms with E-state index in [9.17, 15) is 5.11 Å². The maximum atomic E-state index is 10.4. The summed E-state index contributed by atoms with van der Waals surface area (Å²) in [6.45, 7) is 2.22. The van der Waals surface area contributed by atoms with Crippen molar-refractivity contribution >= 4 is 22.0 Å². The average Bonchev–Trinajstić information content (AvgIpc) is 3.24. The van der Waals surface area contributed by atoms with Crippen molar-refractivity contribution in [1.82, 2.24) is 10.1 Å². The van der Waals surface area contributed by atoms with E-state index in [1.165, 1.54) is 6.26 Å². The second-order valence-corrected chi connectivity index (χ2v) is 7.26. The molecule has 1 aliphatic rings. The molecule has 0 radical (unpaired) electrons. The molecular formula is C25H20N2O4. The summed E-state index contributed by atoms with van der Waals surface area (Å²) < 4.78 is 16.6. The first kappa shape index (κ1) is 19.1. The quantitative estimate of drug-likeness (QED) is 0.503. The third kappa shape index (κ3) is 3.93. The Hall–Kier alpha value is -3.90. The number of allylic oxidation sites excluding steroid dienone is 2. The minimum absolute atomic E-state index is 0.365. The number of fused-ring (bicyclic) bond motifs is 1. The van der Waals surface area contributed by atoms with Crippen molar-refractivity contribution in [2.75, 3.05) is 0 Å². The number of rotatable bonds is 5.